The number of anilines is 2. The molecule has 2 N–H and O–H groups in total. The predicted molar refractivity (Wildman–Crippen MR) is 129 cm³/mol. The zero-order valence-corrected chi connectivity index (χ0v) is 19.1. The Morgan fingerprint density at radius 2 is 1.85 bits per heavy atom. The summed E-state index contributed by atoms with van der Waals surface area (Å²) in [6.45, 7) is 4.55. The predicted octanol–water partition coefficient (Wildman–Crippen LogP) is 5.90. The molecule has 1 saturated heterocycles. The summed E-state index contributed by atoms with van der Waals surface area (Å²) in [6.07, 6.45) is 1.38. The first-order valence-electron chi connectivity index (χ1n) is 11.4. The van der Waals surface area contributed by atoms with Crippen LogP contribution in [0.3, 0.4) is 0 Å². The van der Waals surface area contributed by atoms with Crippen LogP contribution in [0, 0.1) is 6.92 Å². The largest absolute Gasteiger partial charge is 0.478 e. The third kappa shape index (κ3) is 3.93. The molecule has 3 heterocycles. The van der Waals surface area contributed by atoms with Crippen molar-refractivity contribution in [2.45, 2.75) is 38.7 Å². The number of nitrogens with zero attached hydrogens (tertiary/aromatic N) is 3. The standard InChI is InChI=1S/C26H26F2N4O2/c1-16-13-19(17(2)30-21-6-4-3-5-18(21)25(33)34)20-15-24(31-11-8-26(27,28)9-12-31)22-7-10-29-32(22)23(20)14-16/h3-7,10,13-15,17,30H,8-9,11-12H2,1-2H3,(H,33,34)/t17-/m0/s1. The number of benzene rings is 2. The molecule has 0 radical (unpaired) electrons. The van der Waals surface area contributed by atoms with Crippen molar-refractivity contribution < 1.29 is 18.7 Å². The summed E-state index contributed by atoms with van der Waals surface area (Å²) in [5, 5.41) is 18.4. The van der Waals surface area contributed by atoms with E-state index < -0.39 is 11.9 Å². The number of halogens is 2. The van der Waals surface area contributed by atoms with Crippen LogP contribution < -0.4 is 10.2 Å². The number of carboxylic acids is 1. The van der Waals surface area contributed by atoms with Crippen molar-refractivity contribution in [3.05, 3.63) is 71.4 Å². The normalized spacial score (nSPS) is 16.6. The average Bonchev–Trinajstić information content (AvgIpc) is 3.29. The van der Waals surface area contributed by atoms with Crippen LogP contribution in [-0.2, 0) is 0 Å². The van der Waals surface area contributed by atoms with Gasteiger partial charge in [0.05, 0.1) is 28.5 Å². The van der Waals surface area contributed by atoms with Gasteiger partial charge < -0.3 is 15.3 Å². The van der Waals surface area contributed by atoms with E-state index in [2.05, 4.69) is 28.6 Å². The topological polar surface area (TPSA) is 69.9 Å². The Bertz CT molecular complexity index is 1390. The summed E-state index contributed by atoms with van der Waals surface area (Å²) in [7, 11) is 0. The maximum Gasteiger partial charge on any atom is 0.337 e. The molecule has 0 amide bonds. The van der Waals surface area contributed by atoms with Crippen molar-refractivity contribution in [2.75, 3.05) is 23.3 Å². The van der Waals surface area contributed by atoms with Crippen LogP contribution in [0.2, 0.25) is 0 Å². The molecule has 0 saturated carbocycles. The van der Waals surface area contributed by atoms with Gasteiger partial charge in [-0.3, -0.25) is 0 Å². The third-order valence-corrected chi connectivity index (χ3v) is 6.58. The van der Waals surface area contributed by atoms with Gasteiger partial charge in [-0.1, -0.05) is 18.2 Å². The number of alkyl halides is 2. The molecule has 34 heavy (non-hydrogen) atoms. The van der Waals surface area contributed by atoms with Crippen molar-refractivity contribution in [3.8, 4) is 0 Å². The van der Waals surface area contributed by atoms with Crippen molar-refractivity contribution in [1.82, 2.24) is 9.61 Å². The van der Waals surface area contributed by atoms with Gasteiger partial charge in [-0.25, -0.2) is 18.1 Å². The van der Waals surface area contributed by atoms with E-state index in [4.69, 9.17) is 0 Å². The molecule has 4 aromatic rings. The highest BCUT2D eigenvalue weighted by Crippen LogP contribution is 2.37. The van der Waals surface area contributed by atoms with Gasteiger partial charge in [0, 0.05) is 43.0 Å². The Morgan fingerprint density at radius 1 is 1.12 bits per heavy atom. The zero-order chi connectivity index (χ0) is 24.0. The number of hydrogen-bond acceptors (Lipinski definition) is 4. The van der Waals surface area contributed by atoms with Crippen LogP contribution in [0.4, 0.5) is 20.2 Å². The molecule has 0 aliphatic carbocycles. The average molecular weight is 465 g/mol. The van der Waals surface area contributed by atoms with Crippen molar-refractivity contribution in [2.24, 2.45) is 0 Å². The molecule has 0 bridgehead atoms. The van der Waals surface area contributed by atoms with Crippen LogP contribution in [0.1, 0.15) is 47.3 Å². The smallest absolute Gasteiger partial charge is 0.337 e. The molecule has 1 aliphatic heterocycles. The van der Waals surface area contributed by atoms with Gasteiger partial charge in [-0.05, 0) is 55.3 Å². The lowest BCUT2D eigenvalue weighted by molar-refractivity contribution is -0.0220. The number of nitrogens with one attached hydrogen (secondary N) is 1. The highest BCUT2D eigenvalue weighted by molar-refractivity contribution is 5.95. The fourth-order valence-corrected chi connectivity index (χ4v) is 4.83. The number of hydrogen-bond donors (Lipinski definition) is 2. The highest BCUT2D eigenvalue weighted by atomic mass is 19.3. The van der Waals surface area contributed by atoms with Crippen LogP contribution in [0.5, 0.6) is 0 Å². The summed E-state index contributed by atoms with van der Waals surface area (Å²) >= 11 is 0. The number of carbonyl (C=O) groups is 1. The number of aromatic nitrogens is 2. The molecule has 1 aliphatic rings. The highest BCUT2D eigenvalue weighted by Gasteiger charge is 2.34. The van der Waals surface area contributed by atoms with E-state index in [0.717, 1.165) is 33.2 Å². The summed E-state index contributed by atoms with van der Waals surface area (Å²) in [5.74, 6) is -3.62. The number of piperidine rings is 1. The minimum absolute atomic E-state index is 0.171. The minimum Gasteiger partial charge on any atom is -0.478 e. The van der Waals surface area contributed by atoms with E-state index in [1.54, 1.807) is 30.5 Å². The molecule has 176 valence electrons. The van der Waals surface area contributed by atoms with Gasteiger partial charge in [0.2, 0.25) is 0 Å². The fourth-order valence-electron chi connectivity index (χ4n) is 4.83. The zero-order valence-electron chi connectivity index (χ0n) is 19.1. The quantitative estimate of drug-likeness (QED) is 0.385. The molecule has 5 rings (SSSR count). The lowest BCUT2D eigenvalue weighted by Gasteiger charge is -2.34. The maximum atomic E-state index is 13.8. The lowest BCUT2D eigenvalue weighted by Crippen LogP contribution is -2.39. The van der Waals surface area contributed by atoms with E-state index in [9.17, 15) is 18.7 Å². The van der Waals surface area contributed by atoms with Gasteiger partial charge in [0.25, 0.3) is 5.92 Å². The molecule has 6 nitrogen and oxygen atoms in total. The van der Waals surface area contributed by atoms with E-state index >= 15 is 0 Å². The van der Waals surface area contributed by atoms with Gasteiger partial charge in [-0.15, -0.1) is 0 Å². The molecular weight excluding hydrogens is 438 g/mol. The molecule has 8 heteroatoms. The maximum absolute atomic E-state index is 13.8. The van der Waals surface area contributed by atoms with E-state index in [-0.39, 0.29) is 37.5 Å². The van der Waals surface area contributed by atoms with Gasteiger partial charge in [-0.2, -0.15) is 5.10 Å². The molecule has 0 unspecified atom stereocenters. The number of aryl methyl sites for hydroxylation is 1. The van der Waals surface area contributed by atoms with Crippen molar-refractivity contribution in [3.63, 3.8) is 0 Å². The lowest BCUT2D eigenvalue weighted by atomic mass is 9.97. The second-order valence-corrected chi connectivity index (χ2v) is 9.00. The molecular formula is C26H26F2N4O2. The SMILES string of the molecule is Cc1cc([C@H](C)Nc2ccccc2C(=O)O)c2cc(N3CCC(F)(F)CC3)c3ccnn3c2c1. The first kappa shape index (κ1) is 22.1. The van der Waals surface area contributed by atoms with Crippen molar-refractivity contribution in [1.29, 1.82) is 0 Å². The van der Waals surface area contributed by atoms with E-state index in [1.807, 2.05) is 29.3 Å². The summed E-state index contributed by atoms with van der Waals surface area (Å²) < 4.78 is 29.5. The number of fused-ring (bicyclic) bond motifs is 3. The summed E-state index contributed by atoms with van der Waals surface area (Å²) in [6, 6.07) is 14.7. The van der Waals surface area contributed by atoms with Crippen molar-refractivity contribution >= 4 is 33.8 Å². The second kappa shape index (κ2) is 8.27. The Kier molecular flexibility index (Phi) is 5.38. The van der Waals surface area contributed by atoms with E-state index in [0.29, 0.717) is 5.69 Å². The second-order valence-electron chi connectivity index (χ2n) is 9.00. The van der Waals surface area contributed by atoms with Crippen LogP contribution in [0.25, 0.3) is 16.4 Å². The minimum atomic E-state index is -2.62. The Morgan fingerprint density at radius 3 is 2.59 bits per heavy atom. The Labute approximate surface area is 195 Å². The number of para-hydroxylation sites is 1. The third-order valence-electron chi connectivity index (χ3n) is 6.58. The summed E-state index contributed by atoms with van der Waals surface area (Å²) in [4.78, 5) is 13.7. The fraction of sp³-hybridized carbons (Fsp3) is 0.308. The van der Waals surface area contributed by atoms with Gasteiger partial charge >= 0.3 is 5.97 Å². The molecule has 2 aromatic carbocycles. The van der Waals surface area contributed by atoms with E-state index in [1.165, 1.54) is 0 Å². The molecule has 0 spiro atoms. The molecule has 1 fully saturated rings. The molecule has 2 aromatic heterocycles. The Hall–Kier alpha value is -3.68. The van der Waals surface area contributed by atoms with Gasteiger partial charge in [0.15, 0.2) is 0 Å². The first-order chi connectivity index (χ1) is 16.2. The monoisotopic (exact) mass is 464 g/mol. The number of carboxylic acid groups (broad SMARTS) is 1. The number of aromatic carboxylic acids is 1. The van der Waals surface area contributed by atoms with Crippen LogP contribution >= 0.6 is 0 Å². The van der Waals surface area contributed by atoms with Crippen LogP contribution in [0.15, 0.2) is 54.7 Å². The number of pyridine rings is 1. The molecule has 1 atom stereocenters. The Balaban J connectivity index is 1.62. The van der Waals surface area contributed by atoms with Gasteiger partial charge in [0.1, 0.15) is 0 Å². The van der Waals surface area contributed by atoms with Crippen LogP contribution in [-0.4, -0.2) is 39.7 Å². The summed E-state index contributed by atoms with van der Waals surface area (Å²) in [5.41, 5.74) is 5.45. The first-order valence-corrected chi connectivity index (χ1v) is 11.4. The number of rotatable bonds is 5.